The van der Waals surface area contributed by atoms with E-state index in [9.17, 15) is 0 Å². The number of hydrogen-bond donors (Lipinski definition) is 0. The van der Waals surface area contributed by atoms with Crippen LogP contribution in [0.3, 0.4) is 0 Å². The number of nitrogens with zero attached hydrogens (tertiary/aromatic N) is 1. The van der Waals surface area contributed by atoms with Crippen LogP contribution in [0.5, 0.6) is 0 Å². The molecule has 1 saturated heterocycles. The zero-order chi connectivity index (χ0) is 8.93. The van der Waals surface area contributed by atoms with E-state index in [4.69, 9.17) is 0 Å². The lowest BCUT2D eigenvalue weighted by Gasteiger charge is -2.22. The highest BCUT2D eigenvalue weighted by atomic mass is 15.1. The van der Waals surface area contributed by atoms with Gasteiger partial charge in [0.2, 0.25) is 0 Å². The second-order valence-corrected chi connectivity index (χ2v) is 3.74. The topological polar surface area (TPSA) is 3.24 Å². The molecule has 1 aliphatic heterocycles. The highest BCUT2D eigenvalue weighted by Gasteiger charge is 2.08. The maximum Gasteiger partial charge on any atom is 0.0366 e. The van der Waals surface area contributed by atoms with Crippen molar-refractivity contribution in [3.05, 3.63) is 30.3 Å². The number of rotatable bonds is 1. The van der Waals surface area contributed by atoms with E-state index in [1.54, 1.807) is 0 Å². The summed E-state index contributed by atoms with van der Waals surface area (Å²) in [5, 5.41) is 0. The van der Waals surface area contributed by atoms with Gasteiger partial charge in [-0.1, -0.05) is 31.0 Å². The van der Waals surface area contributed by atoms with Crippen LogP contribution >= 0.6 is 0 Å². The molecular formula is C12H17N. The summed E-state index contributed by atoms with van der Waals surface area (Å²) in [4.78, 5) is 2.51. The van der Waals surface area contributed by atoms with E-state index >= 15 is 0 Å². The van der Waals surface area contributed by atoms with Crippen LogP contribution in [-0.4, -0.2) is 13.1 Å². The van der Waals surface area contributed by atoms with E-state index in [0.717, 1.165) is 0 Å². The molecule has 0 saturated carbocycles. The van der Waals surface area contributed by atoms with Crippen LogP contribution in [0.2, 0.25) is 0 Å². The van der Waals surface area contributed by atoms with Crippen molar-refractivity contribution in [2.24, 2.45) is 0 Å². The van der Waals surface area contributed by atoms with Gasteiger partial charge in [-0.05, 0) is 25.0 Å². The van der Waals surface area contributed by atoms with Gasteiger partial charge in [-0.3, -0.25) is 0 Å². The normalized spacial score (nSPS) is 18.3. The quantitative estimate of drug-likeness (QED) is 0.634. The Labute approximate surface area is 80.4 Å². The first kappa shape index (κ1) is 8.61. The zero-order valence-corrected chi connectivity index (χ0v) is 8.08. The van der Waals surface area contributed by atoms with Gasteiger partial charge in [0.1, 0.15) is 0 Å². The number of anilines is 1. The summed E-state index contributed by atoms with van der Waals surface area (Å²) in [6.45, 7) is 2.48. The van der Waals surface area contributed by atoms with Crippen LogP contribution in [0.15, 0.2) is 30.3 Å². The lowest BCUT2D eigenvalue weighted by molar-refractivity contribution is 0.726. The molecule has 1 aromatic carbocycles. The molecule has 0 atom stereocenters. The van der Waals surface area contributed by atoms with Crippen LogP contribution in [0.25, 0.3) is 0 Å². The second kappa shape index (κ2) is 4.31. The van der Waals surface area contributed by atoms with Gasteiger partial charge in [0.15, 0.2) is 0 Å². The number of hydrogen-bond acceptors (Lipinski definition) is 1. The largest absolute Gasteiger partial charge is 0.372 e. The fourth-order valence-corrected chi connectivity index (χ4v) is 1.97. The molecule has 0 radical (unpaired) electrons. The molecule has 1 aromatic rings. The van der Waals surface area contributed by atoms with Crippen molar-refractivity contribution in [1.82, 2.24) is 0 Å². The number of benzene rings is 1. The van der Waals surface area contributed by atoms with Crippen LogP contribution in [0.1, 0.15) is 25.7 Å². The van der Waals surface area contributed by atoms with E-state index in [2.05, 4.69) is 35.2 Å². The van der Waals surface area contributed by atoms with Gasteiger partial charge in [-0.2, -0.15) is 0 Å². The van der Waals surface area contributed by atoms with Crippen molar-refractivity contribution in [2.45, 2.75) is 25.7 Å². The van der Waals surface area contributed by atoms with E-state index in [1.165, 1.54) is 44.5 Å². The average Bonchev–Trinajstić information content (AvgIpc) is 2.47. The van der Waals surface area contributed by atoms with E-state index in [1.807, 2.05) is 0 Å². The molecule has 1 heteroatoms. The Bertz CT molecular complexity index is 235. The molecule has 13 heavy (non-hydrogen) atoms. The van der Waals surface area contributed by atoms with E-state index < -0.39 is 0 Å². The molecule has 0 amide bonds. The summed E-state index contributed by atoms with van der Waals surface area (Å²) in [6, 6.07) is 10.8. The van der Waals surface area contributed by atoms with Gasteiger partial charge < -0.3 is 4.90 Å². The van der Waals surface area contributed by atoms with Crippen molar-refractivity contribution >= 4 is 5.69 Å². The van der Waals surface area contributed by atoms with Gasteiger partial charge in [0, 0.05) is 18.8 Å². The molecule has 1 fully saturated rings. The molecule has 0 aromatic heterocycles. The monoisotopic (exact) mass is 175 g/mol. The maximum atomic E-state index is 2.51. The molecule has 0 unspecified atom stereocenters. The van der Waals surface area contributed by atoms with Gasteiger partial charge in [-0.25, -0.2) is 0 Å². The smallest absolute Gasteiger partial charge is 0.0366 e. The Morgan fingerprint density at radius 1 is 0.769 bits per heavy atom. The van der Waals surface area contributed by atoms with Crippen molar-refractivity contribution in [1.29, 1.82) is 0 Å². The predicted octanol–water partition coefficient (Wildman–Crippen LogP) is 3.07. The first-order chi connectivity index (χ1) is 6.47. The first-order valence-electron chi connectivity index (χ1n) is 5.27. The molecule has 0 aliphatic carbocycles. The first-order valence-corrected chi connectivity index (χ1v) is 5.27. The van der Waals surface area contributed by atoms with E-state index in [0.29, 0.717) is 0 Å². The molecule has 1 nitrogen and oxygen atoms in total. The van der Waals surface area contributed by atoms with E-state index in [-0.39, 0.29) is 0 Å². The van der Waals surface area contributed by atoms with Crippen molar-refractivity contribution in [2.75, 3.05) is 18.0 Å². The summed E-state index contributed by atoms with van der Waals surface area (Å²) >= 11 is 0. The molecule has 0 spiro atoms. The fourth-order valence-electron chi connectivity index (χ4n) is 1.97. The van der Waals surface area contributed by atoms with Gasteiger partial charge in [0.05, 0.1) is 0 Å². The lowest BCUT2D eigenvalue weighted by Crippen LogP contribution is -2.23. The third-order valence-electron chi connectivity index (χ3n) is 2.73. The summed E-state index contributed by atoms with van der Waals surface area (Å²) in [5.41, 5.74) is 1.39. The van der Waals surface area contributed by atoms with Crippen molar-refractivity contribution < 1.29 is 0 Å². The summed E-state index contributed by atoms with van der Waals surface area (Å²) < 4.78 is 0. The Balaban J connectivity index is 2.06. The molecule has 1 aliphatic rings. The Kier molecular flexibility index (Phi) is 2.86. The van der Waals surface area contributed by atoms with Crippen molar-refractivity contribution in [3.8, 4) is 0 Å². The van der Waals surface area contributed by atoms with Crippen LogP contribution in [0.4, 0.5) is 5.69 Å². The summed E-state index contributed by atoms with van der Waals surface area (Å²) in [7, 11) is 0. The standard InChI is InChI=1S/C12H17N/c1-2-7-11-13(10-6-1)12-8-4-3-5-9-12/h3-5,8-9H,1-2,6-7,10-11H2. The minimum absolute atomic E-state index is 1.24. The van der Waals surface area contributed by atoms with Crippen LogP contribution < -0.4 is 4.90 Å². The fraction of sp³-hybridized carbons (Fsp3) is 0.500. The Morgan fingerprint density at radius 2 is 1.38 bits per heavy atom. The minimum atomic E-state index is 1.24. The molecule has 0 bridgehead atoms. The molecule has 0 N–H and O–H groups in total. The summed E-state index contributed by atoms with van der Waals surface area (Å²) in [6.07, 6.45) is 5.52. The van der Waals surface area contributed by atoms with Crippen LogP contribution in [-0.2, 0) is 0 Å². The van der Waals surface area contributed by atoms with Crippen LogP contribution in [0, 0.1) is 0 Å². The number of para-hydroxylation sites is 1. The van der Waals surface area contributed by atoms with Gasteiger partial charge in [-0.15, -0.1) is 0 Å². The Hall–Kier alpha value is -0.980. The lowest BCUT2D eigenvalue weighted by atomic mass is 10.2. The maximum absolute atomic E-state index is 2.51. The molecular weight excluding hydrogens is 158 g/mol. The summed E-state index contributed by atoms with van der Waals surface area (Å²) in [5.74, 6) is 0. The van der Waals surface area contributed by atoms with Gasteiger partial charge in [0.25, 0.3) is 0 Å². The second-order valence-electron chi connectivity index (χ2n) is 3.74. The van der Waals surface area contributed by atoms with Gasteiger partial charge >= 0.3 is 0 Å². The third-order valence-corrected chi connectivity index (χ3v) is 2.73. The Morgan fingerprint density at radius 3 is 2.00 bits per heavy atom. The average molecular weight is 175 g/mol. The molecule has 70 valence electrons. The zero-order valence-electron chi connectivity index (χ0n) is 8.08. The highest BCUT2D eigenvalue weighted by molar-refractivity contribution is 5.45. The molecule has 2 rings (SSSR count). The highest BCUT2D eigenvalue weighted by Crippen LogP contribution is 2.18. The third kappa shape index (κ3) is 2.24. The minimum Gasteiger partial charge on any atom is -0.372 e. The predicted molar refractivity (Wildman–Crippen MR) is 57.1 cm³/mol. The van der Waals surface area contributed by atoms with Crippen molar-refractivity contribution in [3.63, 3.8) is 0 Å². The molecule has 1 heterocycles. The SMILES string of the molecule is c1ccc(N2CCCCCC2)cc1.